The minimum Gasteiger partial charge on any atom is -0.350 e. The van der Waals surface area contributed by atoms with Crippen LogP contribution in [-0.4, -0.2) is 45.1 Å². The van der Waals surface area contributed by atoms with E-state index >= 15 is 0 Å². The quantitative estimate of drug-likeness (QED) is 0.873. The summed E-state index contributed by atoms with van der Waals surface area (Å²) in [6, 6.07) is 6.75. The van der Waals surface area contributed by atoms with Gasteiger partial charge in [-0.2, -0.15) is 5.10 Å². The molecule has 1 aromatic heterocycles. The van der Waals surface area contributed by atoms with E-state index in [9.17, 15) is 14.4 Å². The maximum absolute atomic E-state index is 13.1. The smallest absolute Gasteiger partial charge is 0.275 e. The molecule has 1 N–H and O–H groups in total. The maximum atomic E-state index is 13.1. The first kappa shape index (κ1) is 20.6. The van der Waals surface area contributed by atoms with Crippen molar-refractivity contribution in [1.29, 1.82) is 0 Å². The summed E-state index contributed by atoms with van der Waals surface area (Å²) in [5.74, 6) is -0.605. The minimum absolute atomic E-state index is 0.0661. The average Bonchev–Trinajstić information content (AvgIpc) is 2.58. The number of rotatable bonds is 5. The predicted molar refractivity (Wildman–Crippen MR) is 106 cm³/mol. The molecule has 1 heterocycles. The van der Waals surface area contributed by atoms with Crippen molar-refractivity contribution in [2.75, 3.05) is 13.1 Å². The molecule has 0 aliphatic rings. The van der Waals surface area contributed by atoms with Crippen LogP contribution in [0.2, 0.25) is 0 Å². The average molecular weight is 372 g/mol. The number of carbonyl (C=O) groups excluding carboxylic acids is 2. The molecule has 0 aliphatic carbocycles. The Morgan fingerprint density at radius 3 is 2.30 bits per heavy atom. The summed E-state index contributed by atoms with van der Waals surface area (Å²) >= 11 is 0. The van der Waals surface area contributed by atoms with Crippen LogP contribution in [0.3, 0.4) is 0 Å². The first-order valence-corrected chi connectivity index (χ1v) is 9.17. The van der Waals surface area contributed by atoms with Gasteiger partial charge in [0.2, 0.25) is 5.91 Å². The molecule has 0 fully saturated rings. The van der Waals surface area contributed by atoms with Crippen LogP contribution in [0.1, 0.15) is 58.1 Å². The van der Waals surface area contributed by atoms with Gasteiger partial charge in [-0.3, -0.25) is 14.4 Å². The lowest BCUT2D eigenvalue weighted by atomic mass is 10.1. The summed E-state index contributed by atoms with van der Waals surface area (Å²) in [5, 5.41) is 8.13. The van der Waals surface area contributed by atoms with E-state index in [2.05, 4.69) is 10.4 Å². The third-order valence-corrected chi connectivity index (χ3v) is 4.04. The molecule has 0 saturated carbocycles. The lowest BCUT2D eigenvalue weighted by Crippen LogP contribution is -2.47. The molecule has 2 aromatic rings. The zero-order chi connectivity index (χ0) is 20.4. The van der Waals surface area contributed by atoms with Gasteiger partial charge in [0.05, 0.1) is 18.0 Å². The molecule has 7 nitrogen and oxygen atoms in total. The SMILES string of the molecule is CCN(CC(=O)NC(C)(C)C)C(=O)c1nn(C(C)C)c(=O)c2ccccc12. The molecule has 2 rings (SSSR count). The zero-order valence-electron chi connectivity index (χ0n) is 16.9. The Labute approximate surface area is 159 Å². The third kappa shape index (κ3) is 4.72. The Bertz CT molecular complexity index is 910. The van der Waals surface area contributed by atoms with E-state index in [1.165, 1.54) is 9.58 Å². The van der Waals surface area contributed by atoms with Crippen molar-refractivity contribution in [2.45, 2.75) is 53.1 Å². The predicted octanol–water partition coefficient (Wildman–Crippen LogP) is 2.35. The van der Waals surface area contributed by atoms with Crippen LogP contribution in [0.15, 0.2) is 29.1 Å². The number of fused-ring (bicyclic) bond motifs is 1. The maximum Gasteiger partial charge on any atom is 0.275 e. The monoisotopic (exact) mass is 372 g/mol. The highest BCUT2D eigenvalue weighted by atomic mass is 16.2. The number of amides is 2. The summed E-state index contributed by atoms with van der Waals surface area (Å²) in [6.45, 7) is 11.4. The summed E-state index contributed by atoms with van der Waals surface area (Å²) in [7, 11) is 0. The van der Waals surface area contributed by atoms with Gasteiger partial charge in [-0.1, -0.05) is 18.2 Å². The fraction of sp³-hybridized carbons (Fsp3) is 0.500. The molecule has 27 heavy (non-hydrogen) atoms. The molecular weight excluding hydrogens is 344 g/mol. The number of carbonyl (C=O) groups is 2. The van der Waals surface area contributed by atoms with Gasteiger partial charge in [-0.25, -0.2) is 4.68 Å². The number of nitrogens with one attached hydrogen (secondary N) is 1. The van der Waals surface area contributed by atoms with Crippen LogP contribution in [0.5, 0.6) is 0 Å². The molecule has 1 aromatic carbocycles. The lowest BCUT2D eigenvalue weighted by molar-refractivity contribution is -0.123. The standard InChI is InChI=1S/C20H28N4O3/c1-7-23(12-16(25)21-20(4,5)6)19(27)17-14-10-8-9-11-15(14)18(26)24(22-17)13(2)3/h8-11,13H,7,12H2,1-6H3,(H,21,25). The number of likely N-dealkylation sites (N-methyl/N-ethyl adjacent to an activating group) is 1. The van der Waals surface area contributed by atoms with Gasteiger partial charge < -0.3 is 10.2 Å². The van der Waals surface area contributed by atoms with Crippen LogP contribution < -0.4 is 10.9 Å². The lowest BCUT2D eigenvalue weighted by Gasteiger charge is -2.25. The number of hydrogen-bond donors (Lipinski definition) is 1. The van der Waals surface area contributed by atoms with Crippen molar-refractivity contribution in [3.05, 3.63) is 40.3 Å². The number of aromatic nitrogens is 2. The van der Waals surface area contributed by atoms with E-state index in [0.29, 0.717) is 17.3 Å². The molecule has 0 saturated heterocycles. The Balaban J connectivity index is 2.47. The number of nitrogens with zero attached hydrogens (tertiary/aromatic N) is 3. The van der Waals surface area contributed by atoms with E-state index in [4.69, 9.17) is 0 Å². The molecule has 0 aliphatic heterocycles. The number of benzene rings is 1. The van der Waals surface area contributed by atoms with Gasteiger partial charge in [0.15, 0.2) is 5.69 Å². The van der Waals surface area contributed by atoms with E-state index in [-0.39, 0.29) is 41.2 Å². The fourth-order valence-electron chi connectivity index (χ4n) is 2.82. The van der Waals surface area contributed by atoms with E-state index in [0.717, 1.165) is 0 Å². The topological polar surface area (TPSA) is 84.3 Å². The summed E-state index contributed by atoms with van der Waals surface area (Å²) in [6.07, 6.45) is 0. The van der Waals surface area contributed by atoms with E-state index in [1.54, 1.807) is 24.3 Å². The highest BCUT2D eigenvalue weighted by molar-refractivity contribution is 6.05. The minimum atomic E-state index is -0.380. The van der Waals surface area contributed by atoms with Crippen molar-refractivity contribution in [3.8, 4) is 0 Å². The molecule has 0 atom stereocenters. The molecular formula is C20H28N4O3. The van der Waals surface area contributed by atoms with Gasteiger partial charge in [0, 0.05) is 17.5 Å². The molecule has 0 spiro atoms. The highest BCUT2D eigenvalue weighted by Gasteiger charge is 2.24. The van der Waals surface area contributed by atoms with Crippen molar-refractivity contribution in [3.63, 3.8) is 0 Å². The first-order valence-electron chi connectivity index (χ1n) is 9.17. The summed E-state index contributed by atoms with van der Waals surface area (Å²) < 4.78 is 1.32. The Kier molecular flexibility index (Phi) is 6.03. The Morgan fingerprint density at radius 1 is 1.19 bits per heavy atom. The van der Waals surface area contributed by atoms with Crippen molar-refractivity contribution in [1.82, 2.24) is 20.0 Å². The van der Waals surface area contributed by atoms with Crippen LogP contribution >= 0.6 is 0 Å². The zero-order valence-corrected chi connectivity index (χ0v) is 16.9. The van der Waals surface area contributed by atoms with Crippen LogP contribution in [0.4, 0.5) is 0 Å². The van der Waals surface area contributed by atoms with Gasteiger partial charge in [0.1, 0.15) is 0 Å². The summed E-state index contributed by atoms with van der Waals surface area (Å²) in [5.41, 5.74) is -0.426. The third-order valence-electron chi connectivity index (χ3n) is 4.04. The van der Waals surface area contributed by atoms with Gasteiger partial charge >= 0.3 is 0 Å². The molecule has 146 valence electrons. The molecule has 2 amide bonds. The molecule has 7 heteroatoms. The second kappa shape index (κ2) is 7.90. The van der Waals surface area contributed by atoms with Crippen molar-refractivity contribution < 1.29 is 9.59 Å². The fourth-order valence-corrected chi connectivity index (χ4v) is 2.82. The van der Waals surface area contributed by atoms with Gasteiger partial charge in [0.25, 0.3) is 11.5 Å². The first-order chi connectivity index (χ1) is 12.5. The van der Waals surface area contributed by atoms with Gasteiger partial charge in [-0.15, -0.1) is 0 Å². The van der Waals surface area contributed by atoms with E-state index < -0.39 is 0 Å². The normalized spacial score (nSPS) is 11.7. The van der Waals surface area contributed by atoms with Crippen LogP contribution in [-0.2, 0) is 4.79 Å². The Morgan fingerprint density at radius 2 is 1.78 bits per heavy atom. The van der Waals surface area contributed by atoms with Gasteiger partial charge in [-0.05, 0) is 47.6 Å². The van der Waals surface area contributed by atoms with E-state index in [1.807, 2.05) is 41.5 Å². The second-order valence-corrected chi connectivity index (χ2v) is 7.86. The second-order valence-electron chi connectivity index (χ2n) is 7.86. The van der Waals surface area contributed by atoms with Crippen LogP contribution in [0, 0.1) is 0 Å². The van der Waals surface area contributed by atoms with Crippen molar-refractivity contribution >= 4 is 22.6 Å². The number of hydrogen-bond acceptors (Lipinski definition) is 4. The molecule has 0 bridgehead atoms. The molecule has 0 radical (unpaired) electrons. The summed E-state index contributed by atoms with van der Waals surface area (Å²) in [4.78, 5) is 39.5. The highest BCUT2D eigenvalue weighted by Crippen LogP contribution is 2.16. The largest absolute Gasteiger partial charge is 0.350 e. The Hall–Kier alpha value is -2.70. The van der Waals surface area contributed by atoms with Crippen molar-refractivity contribution in [2.24, 2.45) is 0 Å². The van der Waals surface area contributed by atoms with Crippen LogP contribution in [0.25, 0.3) is 10.8 Å². The molecule has 0 unspecified atom stereocenters.